The average molecular weight is 343 g/mol. The molecule has 1 saturated heterocycles. The Morgan fingerprint density at radius 1 is 1.12 bits per heavy atom. The van der Waals surface area contributed by atoms with E-state index in [0.717, 1.165) is 57.0 Å². The van der Waals surface area contributed by atoms with Crippen LogP contribution >= 0.6 is 0 Å². The lowest BCUT2D eigenvalue weighted by Gasteiger charge is -2.31. The summed E-state index contributed by atoms with van der Waals surface area (Å²) in [5, 5.41) is 9.04. The predicted molar refractivity (Wildman–Crippen MR) is 95.4 cm³/mol. The standard InChI is InChI=1S/C19H29N5O/c1-14(2)19-20-16(13-25-19)12-23-10-7-15(8-11-23)18-22-21-17-6-4-3-5-9-24(17)18/h13-15H,3-12H2,1-2H3. The van der Waals surface area contributed by atoms with E-state index >= 15 is 0 Å². The zero-order valence-corrected chi connectivity index (χ0v) is 15.4. The zero-order chi connectivity index (χ0) is 17.2. The molecule has 0 amide bonds. The quantitative estimate of drug-likeness (QED) is 0.850. The van der Waals surface area contributed by atoms with Crippen LogP contribution in [0.1, 0.15) is 81.0 Å². The van der Waals surface area contributed by atoms with Gasteiger partial charge in [-0.3, -0.25) is 4.90 Å². The molecule has 2 aliphatic heterocycles. The molecule has 0 unspecified atom stereocenters. The van der Waals surface area contributed by atoms with Crippen LogP contribution in [0, 0.1) is 0 Å². The maximum absolute atomic E-state index is 5.56. The molecule has 0 aliphatic carbocycles. The Balaban J connectivity index is 1.36. The SMILES string of the molecule is CC(C)c1nc(CN2CCC(c3nnc4n3CCCCC4)CC2)co1. The Morgan fingerprint density at radius 3 is 2.72 bits per heavy atom. The fraction of sp³-hybridized carbons (Fsp3) is 0.737. The van der Waals surface area contributed by atoms with E-state index in [1.165, 1.54) is 30.9 Å². The molecule has 1 fully saturated rings. The summed E-state index contributed by atoms with van der Waals surface area (Å²) in [6.45, 7) is 8.41. The van der Waals surface area contributed by atoms with Crippen molar-refractivity contribution in [2.75, 3.05) is 13.1 Å². The Bertz CT molecular complexity index is 696. The van der Waals surface area contributed by atoms with Crippen LogP contribution in [0.4, 0.5) is 0 Å². The largest absolute Gasteiger partial charge is 0.448 e. The lowest BCUT2D eigenvalue weighted by atomic mass is 9.95. The first kappa shape index (κ1) is 16.8. The topological polar surface area (TPSA) is 60.0 Å². The fourth-order valence-corrected chi connectivity index (χ4v) is 4.05. The number of likely N-dealkylation sites (tertiary alicyclic amines) is 1. The molecule has 0 radical (unpaired) electrons. The second kappa shape index (κ2) is 7.28. The highest BCUT2D eigenvalue weighted by Crippen LogP contribution is 2.29. The fourth-order valence-electron chi connectivity index (χ4n) is 4.05. The Morgan fingerprint density at radius 2 is 1.96 bits per heavy atom. The number of piperidine rings is 1. The van der Waals surface area contributed by atoms with Crippen LogP contribution in [0.2, 0.25) is 0 Å². The van der Waals surface area contributed by atoms with Gasteiger partial charge in [-0.15, -0.1) is 10.2 Å². The number of rotatable bonds is 4. The maximum atomic E-state index is 5.56. The van der Waals surface area contributed by atoms with Gasteiger partial charge < -0.3 is 8.98 Å². The molecule has 0 spiro atoms. The number of hydrogen-bond donors (Lipinski definition) is 0. The summed E-state index contributed by atoms with van der Waals surface area (Å²) in [6, 6.07) is 0. The Labute approximate surface area is 149 Å². The molecule has 0 aromatic carbocycles. The highest BCUT2D eigenvalue weighted by molar-refractivity contribution is 5.06. The third-order valence-corrected chi connectivity index (χ3v) is 5.54. The van der Waals surface area contributed by atoms with Crippen molar-refractivity contribution >= 4 is 0 Å². The smallest absolute Gasteiger partial charge is 0.196 e. The van der Waals surface area contributed by atoms with E-state index < -0.39 is 0 Å². The van der Waals surface area contributed by atoms with E-state index in [9.17, 15) is 0 Å². The molecule has 0 saturated carbocycles. The maximum Gasteiger partial charge on any atom is 0.196 e. The summed E-state index contributed by atoms with van der Waals surface area (Å²) in [6.07, 6.45) is 9.07. The summed E-state index contributed by atoms with van der Waals surface area (Å²) < 4.78 is 7.98. The van der Waals surface area contributed by atoms with Gasteiger partial charge >= 0.3 is 0 Å². The molecule has 2 aliphatic rings. The van der Waals surface area contributed by atoms with Gasteiger partial charge in [0, 0.05) is 31.3 Å². The lowest BCUT2D eigenvalue weighted by molar-refractivity contribution is 0.197. The van der Waals surface area contributed by atoms with Crippen LogP contribution in [0.3, 0.4) is 0 Å². The Kier molecular flexibility index (Phi) is 4.88. The van der Waals surface area contributed by atoms with Gasteiger partial charge in [-0.2, -0.15) is 0 Å². The van der Waals surface area contributed by atoms with Gasteiger partial charge in [0.05, 0.1) is 5.69 Å². The predicted octanol–water partition coefficient (Wildman–Crippen LogP) is 3.50. The van der Waals surface area contributed by atoms with Gasteiger partial charge in [0.1, 0.15) is 17.9 Å². The van der Waals surface area contributed by atoms with Crippen molar-refractivity contribution in [2.24, 2.45) is 0 Å². The highest BCUT2D eigenvalue weighted by Gasteiger charge is 2.27. The van der Waals surface area contributed by atoms with Crippen LogP contribution in [-0.4, -0.2) is 37.7 Å². The van der Waals surface area contributed by atoms with E-state index in [2.05, 4.69) is 38.5 Å². The molecule has 0 N–H and O–H groups in total. The Hall–Kier alpha value is -1.69. The van der Waals surface area contributed by atoms with Crippen LogP contribution < -0.4 is 0 Å². The summed E-state index contributed by atoms with van der Waals surface area (Å²) in [7, 11) is 0. The molecule has 0 bridgehead atoms. The van der Waals surface area contributed by atoms with Crippen LogP contribution in [0.25, 0.3) is 0 Å². The third kappa shape index (κ3) is 3.64. The van der Waals surface area contributed by atoms with E-state index in [0.29, 0.717) is 11.8 Å². The first-order chi connectivity index (χ1) is 12.2. The second-order valence-corrected chi connectivity index (χ2v) is 7.82. The van der Waals surface area contributed by atoms with E-state index in [1.807, 2.05) is 6.26 Å². The molecule has 6 heteroatoms. The van der Waals surface area contributed by atoms with Crippen molar-refractivity contribution in [2.45, 2.75) is 77.3 Å². The summed E-state index contributed by atoms with van der Waals surface area (Å²) in [5.41, 5.74) is 1.05. The third-order valence-electron chi connectivity index (χ3n) is 5.54. The number of aromatic nitrogens is 4. The normalized spacial score (nSPS) is 20.0. The van der Waals surface area contributed by atoms with Crippen molar-refractivity contribution in [3.05, 3.63) is 29.5 Å². The minimum Gasteiger partial charge on any atom is -0.448 e. The lowest BCUT2D eigenvalue weighted by Crippen LogP contribution is -2.33. The van der Waals surface area contributed by atoms with E-state index in [-0.39, 0.29) is 0 Å². The summed E-state index contributed by atoms with van der Waals surface area (Å²) in [5.74, 6) is 4.19. The van der Waals surface area contributed by atoms with Crippen molar-refractivity contribution in [3.63, 3.8) is 0 Å². The number of nitrogens with zero attached hydrogens (tertiary/aromatic N) is 5. The van der Waals surface area contributed by atoms with Crippen LogP contribution in [0.15, 0.2) is 10.7 Å². The minimum atomic E-state index is 0.350. The van der Waals surface area contributed by atoms with E-state index in [1.54, 1.807) is 0 Å². The first-order valence-electron chi connectivity index (χ1n) is 9.79. The molecule has 4 rings (SSSR count). The van der Waals surface area contributed by atoms with Crippen molar-refractivity contribution < 1.29 is 4.42 Å². The number of aryl methyl sites for hydroxylation is 1. The van der Waals surface area contributed by atoms with E-state index in [4.69, 9.17) is 4.42 Å². The van der Waals surface area contributed by atoms with Gasteiger partial charge in [0.25, 0.3) is 0 Å². The molecule has 25 heavy (non-hydrogen) atoms. The minimum absolute atomic E-state index is 0.350. The van der Waals surface area contributed by atoms with Gasteiger partial charge in [0.15, 0.2) is 5.89 Å². The molecule has 136 valence electrons. The van der Waals surface area contributed by atoms with Gasteiger partial charge in [-0.05, 0) is 38.8 Å². The van der Waals surface area contributed by atoms with Crippen LogP contribution in [0.5, 0.6) is 0 Å². The molecule has 2 aromatic heterocycles. The van der Waals surface area contributed by atoms with Crippen molar-refractivity contribution in [1.29, 1.82) is 0 Å². The zero-order valence-electron chi connectivity index (χ0n) is 15.4. The number of oxazole rings is 1. The molecular weight excluding hydrogens is 314 g/mol. The van der Waals surface area contributed by atoms with Crippen molar-refractivity contribution in [3.8, 4) is 0 Å². The van der Waals surface area contributed by atoms with Gasteiger partial charge in [-0.25, -0.2) is 4.98 Å². The number of hydrogen-bond acceptors (Lipinski definition) is 5. The average Bonchev–Trinajstić information content (AvgIpc) is 3.17. The monoisotopic (exact) mass is 343 g/mol. The van der Waals surface area contributed by atoms with Gasteiger partial charge in [0.2, 0.25) is 0 Å². The first-order valence-corrected chi connectivity index (χ1v) is 9.79. The van der Waals surface area contributed by atoms with Gasteiger partial charge in [-0.1, -0.05) is 20.3 Å². The second-order valence-electron chi connectivity index (χ2n) is 7.82. The number of fused-ring (bicyclic) bond motifs is 1. The van der Waals surface area contributed by atoms with Crippen LogP contribution in [-0.2, 0) is 19.5 Å². The molecule has 4 heterocycles. The summed E-state index contributed by atoms with van der Waals surface area (Å²) >= 11 is 0. The van der Waals surface area contributed by atoms with Crippen molar-refractivity contribution in [1.82, 2.24) is 24.6 Å². The molecule has 2 aromatic rings. The summed E-state index contributed by atoms with van der Waals surface area (Å²) in [4.78, 5) is 7.09. The molecular formula is C19H29N5O. The molecule has 6 nitrogen and oxygen atoms in total. The molecule has 0 atom stereocenters. The highest BCUT2D eigenvalue weighted by atomic mass is 16.3.